The fourth-order valence-electron chi connectivity index (χ4n) is 2.07. The molecule has 0 aromatic carbocycles. The molecule has 3 rings (SSSR count). The topological polar surface area (TPSA) is 112 Å². The van der Waals surface area contributed by atoms with E-state index in [2.05, 4.69) is 36.0 Å². The molecule has 0 amide bonds. The van der Waals surface area contributed by atoms with Gasteiger partial charge in [0, 0.05) is 7.05 Å². The first-order chi connectivity index (χ1) is 10.5. The van der Waals surface area contributed by atoms with Gasteiger partial charge in [-0.2, -0.15) is 5.10 Å². The predicted molar refractivity (Wildman–Crippen MR) is 85.6 cm³/mol. The second-order valence-electron chi connectivity index (χ2n) is 4.58. The Morgan fingerprint density at radius 1 is 1.45 bits per heavy atom. The van der Waals surface area contributed by atoms with Gasteiger partial charge in [-0.25, -0.2) is 9.97 Å². The van der Waals surface area contributed by atoms with Crippen LogP contribution in [0, 0.1) is 0 Å². The molecule has 114 valence electrons. The van der Waals surface area contributed by atoms with Crippen LogP contribution in [0.1, 0.15) is 6.92 Å². The van der Waals surface area contributed by atoms with E-state index in [1.807, 2.05) is 6.92 Å². The molecule has 8 nitrogen and oxygen atoms in total. The summed E-state index contributed by atoms with van der Waals surface area (Å²) in [6, 6.07) is 1.66. The van der Waals surface area contributed by atoms with E-state index < -0.39 is 0 Å². The van der Waals surface area contributed by atoms with Crippen molar-refractivity contribution in [2.45, 2.75) is 6.92 Å². The van der Waals surface area contributed by atoms with Crippen molar-refractivity contribution in [1.29, 1.82) is 0 Å². The number of aromatic nitrogens is 5. The van der Waals surface area contributed by atoms with Gasteiger partial charge in [0.25, 0.3) is 5.56 Å². The molecular weight excluding hydrogens is 352 g/mol. The lowest BCUT2D eigenvalue weighted by atomic mass is 10.2. The number of aromatic amines is 1. The van der Waals surface area contributed by atoms with E-state index in [1.54, 1.807) is 13.1 Å². The van der Waals surface area contributed by atoms with Crippen molar-refractivity contribution in [2.75, 3.05) is 12.3 Å². The molecule has 0 fully saturated rings. The summed E-state index contributed by atoms with van der Waals surface area (Å²) in [6.45, 7) is 2.28. The largest absolute Gasteiger partial charge is 0.477 e. The summed E-state index contributed by atoms with van der Waals surface area (Å²) in [6.07, 6.45) is 1.49. The number of nitrogens with zero attached hydrogens (tertiary/aromatic N) is 4. The highest BCUT2D eigenvalue weighted by Gasteiger charge is 2.17. The first-order valence-electron chi connectivity index (χ1n) is 6.52. The predicted octanol–water partition coefficient (Wildman–Crippen LogP) is 1.46. The summed E-state index contributed by atoms with van der Waals surface area (Å²) in [4.78, 5) is 23.5. The standard InChI is InChI=1S/C13H13BrN6O2/c1-3-22-13-7(4-6(15)5-16-13)11-17-8-9(12(21)18-11)19-20(2)10(8)14/h4-5H,3,15H2,1-2H3,(H,17,18,21). The summed E-state index contributed by atoms with van der Waals surface area (Å²) < 4.78 is 7.63. The quantitative estimate of drug-likeness (QED) is 0.727. The fraction of sp³-hybridized carbons (Fsp3) is 0.231. The summed E-state index contributed by atoms with van der Waals surface area (Å²) in [5.41, 5.74) is 7.14. The number of fused-ring (bicyclic) bond motifs is 1. The van der Waals surface area contributed by atoms with Gasteiger partial charge in [0.15, 0.2) is 5.52 Å². The number of anilines is 1. The second-order valence-corrected chi connectivity index (χ2v) is 5.33. The Hall–Kier alpha value is -2.42. The molecule has 3 heterocycles. The van der Waals surface area contributed by atoms with E-state index in [4.69, 9.17) is 10.5 Å². The Labute approximate surface area is 133 Å². The van der Waals surface area contributed by atoms with Crippen LogP contribution in [0.25, 0.3) is 22.4 Å². The maximum Gasteiger partial charge on any atom is 0.279 e. The van der Waals surface area contributed by atoms with Gasteiger partial charge in [-0.3, -0.25) is 9.48 Å². The molecule has 0 saturated carbocycles. The highest BCUT2D eigenvalue weighted by molar-refractivity contribution is 9.10. The van der Waals surface area contributed by atoms with E-state index in [9.17, 15) is 4.79 Å². The number of nitrogen functional groups attached to an aromatic ring is 1. The lowest BCUT2D eigenvalue weighted by Gasteiger charge is -2.09. The molecule has 9 heteroatoms. The zero-order valence-corrected chi connectivity index (χ0v) is 13.5. The first kappa shape index (κ1) is 14.5. The molecule has 0 spiro atoms. The minimum absolute atomic E-state index is 0.257. The fourth-order valence-corrected chi connectivity index (χ4v) is 2.42. The molecule has 3 aromatic rings. The van der Waals surface area contributed by atoms with E-state index in [0.717, 1.165) is 0 Å². The Bertz CT molecular complexity index is 917. The summed E-state index contributed by atoms with van der Waals surface area (Å²) in [5, 5.41) is 4.12. The molecule has 22 heavy (non-hydrogen) atoms. The lowest BCUT2D eigenvalue weighted by Crippen LogP contribution is -2.10. The van der Waals surface area contributed by atoms with Crippen molar-refractivity contribution in [3.05, 3.63) is 27.2 Å². The molecule has 3 N–H and O–H groups in total. The van der Waals surface area contributed by atoms with Crippen molar-refractivity contribution >= 4 is 32.7 Å². The van der Waals surface area contributed by atoms with E-state index in [-0.39, 0.29) is 11.1 Å². The normalized spacial score (nSPS) is 11.0. The van der Waals surface area contributed by atoms with Crippen LogP contribution in [0.15, 0.2) is 21.7 Å². The van der Waals surface area contributed by atoms with Crippen molar-refractivity contribution in [3.8, 4) is 17.3 Å². The van der Waals surface area contributed by atoms with Gasteiger partial charge in [-0.15, -0.1) is 0 Å². The van der Waals surface area contributed by atoms with Gasteiger partial charge in [-0.1, -0.05) is 0 Å². The molecule has 0 atom stereocenters. The number of hydrogen-bond acceptors (Lipinski definition) is 6. The number of hydrogen-bond donors (Lipinski definition) is 2. The highest BCUT2D eigenvalue weighted by Crippen LogP contribution is 2.28. The number of ether oxygens (including phenoxy) is 1. The average Bonchev–Trinajstić information content (AvgIpc) is 2.78. The van der Waals surface area contributed by atoms with Gasteiger partial charge >= 0.3 is 0 Å². The minimum Gasteiger partial charge on any atom is -0.477 e. The number of nitrogens with one attached hydrogen (secondary N) is 1. The maximum atomic E-state index is 12.2. The summed E-state index contributed by atoms with van der Waals surface area (Å²) >= 11 is 3.37. The number of aryl methyl sites for hydroxylation is 1. The van der Waals surface area contributed by atoms with Crippen molar-refractivity contribution in [3.63, 3.8) is 0 Å². The molecule has 0 saturated heterocycles. The van der Waals surface area contributed by atoms with Gasteiger partial charge < -0.3 is 15.5 Å². The van der Waals surface area contributed by atoms with Crippen LogP contribution in [0.5, 0.6) is 5.88 Å². The number of H-pyrrole nitrogens is 1. The molecule has 0 aliphatic carbocycles. The number of nitrogens with two attached hydrogens (primary N) is 1. The van der Waals surface area contributed by atoms with Crippen LogP contribution in [0.3, 0.4) is 0 Å². The average molecular weight is 365 g/mol. The first-order valence-corrected chi connectivity index (χ1v) is 7.31. The summed E-state index contributed by atoms with van der Waals surface area (Å²) in [7, 11) is 1.72. The zero-order chi connectivity index (χ0) is 15.9. The lowest BCUT2D eigenvalue weighted by molar-refractivity contribution is 0.328. The summed E-state index contributed by atoms with van der Waals surface area (Å²) in [5.74, 6) is 0.689. The Balaban J connectivity index is 2.29. The molecule has 0 aliphatic heterocycles. The van der Waals surface area contributed by atoms with Gasteiger partial charge in [0.2, 0.25) is 5.88 Å². The molecule has 0 radical (unpaired) electrons. The third kappa shape index (κ3) is 2.33. The zero-order valence-electron chi connectivity index (χ0n) is 11.9. The smallest absolute Gasteiger partial charge is 0.279 e. The molecule has 3 aromatic heterocycles. The third-order valence-electron chi connectivity index (χ3n) is 3.03. The highest BCUT2D eigenvalue weighted by atomic mass is 79.9. The molecule has 0 unspecified atom stereocenters. The molecular formula is C13H13BrN6O2. The van der Waals surface area contributed by atoms with Crippen LogP contribution in [0.4, 0.5) is 5.69 Å². The van der Waals surface area contributed by atoms with Crippen molar-refractivity contribution in [2.24, 2.45) is 7.05 Å². The van der Waals surface area contributed by atoms with Crippen LogP contribution < -0.4 is 16.0 Å². The van der Waals surface area contributed by atoms with Crippen molar-refractivity contribution < 1.29 is 4.74 Å². The van der Waals surface area contributed by atoms with E-state index in [0.29, 0.717) is 39.7 Å². The Morgan fingerprint density at radius 3 is 2.95 bits per heavy atom. The van der Waals surface area contributed by atoms with Gasteiger partial charge in [0.05, 0.1) is 24.1 Å². The van der Waals surface area contributed by atoms with Gasteiger partial charge in [-0.05, 0) is 28.9 Å². The Morgan fingerprint density at radius 2 is 2.23 bits per heavy atom. The SMILES string of the molecule is CCOc1ncc(N)cc1-c1nc2c(Br)n(C)nc2c(=O)[nH]1. The third-order valence-corrected chi connectivity index (χ3v) is 3.92. The van der Waals surface area contributed by atoms with Gasteiger partial charge in [0.1, 0.15) is 15.9 Å². The van der Waals surface area contributed by atoms with E-state index in [1.165, 1.54) is 10.9 Å². The van der Waals surface area contributed by atoms with Crippen LogP contribution >= 0.6 is 15.9 Å². The van der Waals surface area contributed by atoms with Crippen LogP contribution in [-0.2, 0) is 7.05 Å². The number of halogens is 1. The van der Waals surface area contributed by atoms with Crippen molar-refractivity contribution in [1.82, 2.24) is 24.7 Å². The second kappa shape index (κ2) is 5.41. The maximum absolute atomic E-state index is 12.2. The minimum atomic E-state index is -0.342. The van der Waals surface area contributed by atoms with Crippen LogP contribution in [0.2, 0.25) is 0 Å². The molecule has 0 aliphatic rings. The monoisotopic (exact) mass is 364 g/mol. The number of pyridine rings is 1. The van der Waals surface area contributed by atoms with E-state index >= 15 is 0 Å². The number of rotatable bonds is 3. The van der Waals surface area contributed by atoms with Crippen LogP contribution in [-0.4, -0.2) is 31.3 Å². The molecule has 0 bridgehead atoms. The Kier molecular flexibility index (Phi) is 3.57.